The Morgan fingerprint density at radius 1 is 1.35 bits per heavy atom. The third kappa shape index (κ3) is 2.25. The van der Waals surface area contributed by atoms with Crippen LogP contribution in [0.1, 0.15) is 55.3 Å². The molecule has 1 aromatic rings. The summed E-state index contributed by atoms with van der Waals surface area (Å²) in [5, 5.41) is 9.42. The average Bonchev–Trinajstić information content (AvgIpc) is 2.98. The molecule has 2 aliphatic rings. The van der Waals surface area contributed by atoms with Crippen LogP contribution in [0.25, 0.3) is 0 Å². The van der Waals surface area contributed by atoms with Gasteiger partial charge >= 0.3 is 5.97 Å². The van der Waals surface area contributed by atoms with E-state index < -0.39 is 5.97 Å². The molecule has 5 heteroatoms. The van der Waals surface area contributed by atoms with Gasteiger partial charge in [0.05, 0.1) is 11.9 Å². The van der Waals surface area contributed by atoms with E-state index in [1.165, 1.54) is 19.3 Å². The highest BCUT2D eigenvalue weighted by Gasteiger charge is 2.37. The van der Waals surface area contributed by atoms with E-state index in [0.29, 0.717) is 11.5 Å². The number of hydrogen-bond acceptors (Lipinski definition) is 4. The van der Waals surface area contributed by atoms with Crippen molar-refractivity contribution in [2.45, 2.75) is 39.0 Å². The van der Waals surface area contributed by atoms with Crippen LogP contribution in [0.2, 0.25) is 0 Å². The SMILES string of the molecule is CC(C)c1ncc(N2CC3CCCC3C2)c(C(=O)O)n1. The van der Waals surface area contributed by atoms with Gasteiger partial charge in [-0.2, -0.15) is 0 Å². The first-order valence-corrected chi connectivity index (χ1v) is 7.41. The molecule has 1 aromatic heterocycles. The van der Waals surface area contributed by atoms with E-state index in [9.17, 15) is 9.90 Å². The minimum Gasteiger partial charge on any atom is -0.476 e. The summed E-state index contributed by atoms with van der Waals surface area (Å²) < 4.78 is 0. The molecule has 1 aliphatic heterocycles. The van der Waals surface area contributed by atoms with Crippen LogP contribution in [0.4, 0.5) is 5.69 Å². The molecule has 2 fully saturated rings. The van der Waals surface area contributed by atoms with E-state index in [4.69, 9.17) is 0 Å². The lowest BCUT2D eigenvalue weighted by molar-refractivity contribution is 0.0690. The zero-order chi connectivity index (χ0) is 14.3. The summed E-state index contributed by atoms with van der Waals surface area (Å²) in [7, 11) is 0. The lowest BCUT2D eigenvalue weighted by Crippen LogP contribution is -2.24. The molecule has 108 valence electrons. The Balaban J connectivity index is 1.91. The second kappa shape index (κ2) is 5.04. The first-order chi connectivity index (χ1) is 9.56. The first-order valence-electron chi connectivity index (χ1n) is 7.41. The van der Waals surface area contributed by atoms with E-state index in [0.717, 1.165) is 24.9 Å². The summed E-state index contributed by atoms with van der Waals surface area (Å²) in [6, 6.07) is 0. The monoisotopic (exact) mass is 275 g/mol. The van der Waals surface area contributed by atoms with Gasteiger partial charge in [0.2, 0.25) is 0 Å². The molecule has 5 nitrogen and oxygen atoms in total. The number of aromatic carboxylic acids is 1. The molecule has 2 heterocycles. The number of aromatic nitrogens is 2. The van der Waals surface area contributed by atoms with Gasteiger partial charge in [-0.25, -0.2) is 14.8 Å². The molecule has 1 aliphatic carbocycles. The number of hydrogen-bond donors (Lipinski definition) is 1. The maximum absolute atomic E-state index is 11.5. The van der Waals surface area contributed by atoms with Gasteiger partial charge in [0.15, 0.2) is 5.69 Å². The summed E-state index contributed by atoms with van der Waals surface area (Å²) in [5.74, 6) is 1.23. The Labute approximate surface area is 119 Å². The van der Waals surface area contributed by atoms with Gasteiger partial charge in [-0.1, -0.05) is 20.3 Å². The lowest BCUT2D eigenvalue weighted by Gasteiger charge is -2.21. The van der Waals surface area contributed by atoms with Crippen molar-refractivity contribution in [1.82, 2.24) is 9.97 Å². The summed E-state index contributed by atoms with van der Waals surface area (Å²) >= 11 is 0. The summed E-state index contributed by atoms with van der Waals surface area (Å²) in [5.41, 5.74) is 0.847. The molecule has 0 radical (unpaired) electrons. The van der Waals surface area contributed by atoms with E-state index in [1.54, 1.807) is 6.20 Å². The van der Waals surface area contributed by atoms with E-state index in [2.05, 4.69) is 14.9 Å². The maximum Gasteiger partial charge on any atom is 0.356 e. The summed E-state index contributed by atoms with van der Waals surface area (Å²) in [6.45, 7) is 5.85. The number of anilines is 1. The molecule has 1 N–H and O–H groups in total. The minimum absolute atomic E-state index is 0.139. The van der Waals surface area contributed by atoms with Crippen molar-refractivity contribution < 1.29 is 9.90 Å². The molecule has 3 rings (SSSR count). The number of fused-ring (bicyclic) bond motifs is 1. The zero-order valence-corrected chi connectivity index (χ0v) is 12.0. The fraction of sp³-hybridized carbons (Fsp3) is 0.667. The largest absolute Gasteiger partial charge is 0.476 e. The van der Waals surface area contributed by atoms with Gasteiger partial charge in [-0.15, -0.1) is 0 Å². The second-order valence-electron chi connectivity index (χ2n) is 6.28. The Hall–Kier alpha value is -1.65. The van der Waals surface area contributed by atoms with Crippen LogP contribution < -0.4 is 4.90 Å². The summed E-state index contributed by atoms with van der Waals surface area (Å²) in [4.78, 5) is 22.3. The van der Waals surface area contributed by atoms with E-state index in [-0.39, 0.29) is 11.6 Å². The molecule has 1 saturated carbocycles. The highest BCUT2D eigenvalue weighted by molar-refractivity contribution is 5.92. The third-order valence-electron chi connectivity index (χ3n) is 4.57. The van der Waals surface area contributed by atoms with E-state index in [1.807, 2.05) is 13.8 Å². The standard InChI is InChI=1S/C15H21N3O2/c1-9(2)14-16-6-12(13(17-14)15(19)20)18-7-10-4-3-5-11(10)8-18/h6,9-11H,3-5,7-8H2,1-2H3,(H,19,20). The normalized spacial score (nSPS) is 25.2. The molecule has 2 unspecified atom stereocenters. The molecule has 0 spiro atoms. The number of nitrogens with zero attached hydrogens (tertiary/aromatic N) is 3. The fourth-order valence-electron chi connectivity index (χ4n) is 3.49. The quantitative estimate of drug-likeness (QED) is 0.918. The van der Waals surface area contributed by atoms with Gasteiger partial charge in [0, 0.05) is 19.0 Å². The number of carboxylic acid groups (broad SMARTS) is 1. The van der Waals surface area contributed by atoms with Crippen LogP contribution >= 0.6 is 0 Å². The van der Waals surface area contributed by atoms with Gasteiger partial charge in [0.25, 0.3) is 0 Å². The highest BCUT2D eigenvalue weighted by atomic mass is 16.4. The zero-order valence-electron chi connectivity index (χ0n) is 12.0. The maximum atomic E-state index is 11.5. The molecule has 2 atom stereocenters. The van der Waals surface area contributed by atoms with Crippen molar-refractivity contribution in [2.75, 3.05) is 18.0 Å². The van der Waals surface area contributed by atoms with Gasteiger partial charge in [-0.05, 0) is 24.7 Å². The first kappa shape index (κ1) is 13.3. The van der Waals surface area contributed by atoms with Crippen molar-refractivity contribution >= 4 is 11.7 Å². The fourth-order valence-corrected chi connectivity index (χ4v) is 3.49. The molecular weight excluding hydrogens is 254 g/mol. The van der Waals surface area contributed by atoms with Crippen molar-refractivity contribution in [3.8, 4) is 0 Å². The number of rotatable bonds is 3. The Bertz CT molecular complexity index is 518. The molecule has 0 aromatic carbocycles. The van der Waals surface area contributed by atoms with Crippen molar-refractivity contribution in [2.24, 2.45) is 11.8 Å². The third-order valence-corrected chi connectivity index (χ3v) is 4.57. The van der Waals surface area contributed by atoms with Gasteiger partial charge in [0.1, 0.15) is 5.82 Å². The Morgan fingerprint density at radius 3 is 2.55 bits per heavy atom. The smallest absolute Gasteiger partial charge is 0.356 e. The topological polar surface area (TPSA) is 66.3 Å². The van der Waals surface area contributed by atoms with Crippen LogP contribution in [-0.4, -0.2) is 34.1 Å². The molecule has 20 heavy (non-hydrogen) atoms. The van der Waals surface area contributed by atoms with Crippen LogP contribution in [0.15, 0.2) is 6.20 Å². The van der Waals surface area contributed by atoms with E-state index >= 15 is 0 Å². The number of carbonyl (C=O) groups is 1. The minimum atomic E-state index is -0.957. The lowest BCUT2D eigenvalue weighted by atomic mass is 10.0. The van der Waals surface area contributed by atoms with Gasteiger partial charge in [-0.3, -0.25) is 0 Å². The van der Waals surface area contributed by atoms with Crippen LogP contribution in [0, 0.1) is 11.8 Å². The predicted octanol–water partition coefficient (Wildman–Crippen LogP) is 2.53. The average molecular weight is 275 g/mol. The second-order valence-corrected chi connectivity index (χ2v) is 6.28. The summed E-state index contributed by atoms with van der Waals surface area (Å²) in [6.07, 6.45) is 5.56. The van der Waals surface area contributed by atoms with Crippen LogP contribution in [-0.2, 0) is 0 Å². The Kier molecular flexibility index (Phi) is 3.36. The molecular formula is C15H21N3O2. The van der Waals surface area contributed by atoms with Crippen molar-refractivity contribution in [3.63, 3.8) is 0 Å². The van der Waals surface area contributed by atoms with Gasteiger partial charge < -0.3 is 10.0 Å². The number of carboxylic acids is 1. The van der Waals surface area contributed by atoms with Crippen molar-refractivity contribution in [1.29, 1.82) is 0 Å². The van der Waals surface area contributed by atoms with Crippen molar-refractivity contribution in [3.05, 3.63) is 17.7 Å². The molecule has 0 amide bonds. The van der Waals surface area contributed by atoms with Crippen LogP contribution in [0.3, 0.4) is 0 Å². The van der Waals surface area contributed by atoms with Crippen LogP contribution in [0.5, 0.6) is 0 Å². The predicted molar refractivity (Wildman–Crippen MR) is 76.1 cm³/mol. The Morgan fingerprint density at radius 2 is 2.00 bits per heavy atom. The molecule has 0 bridgehead atoms. The highest BCUT2D eigenvalue weighted by Crippen LogP contribution is 2.40. The molecule has 1 saturated heterocycles.